The highest BCUT2D eigenvalue weighted by molar-refractivity contribution is 8.06. The molecule has 1 N–H and O–H groups in total. The summed E-state index contributed by atoms with van der Waals surface area (Å²) in [4.78, 5) is 27.4. The predicted octanol–water partition coefficient (Wildman–Crippen LogP) is 6.35. The third-order valence-corrected chi connectivity index (χ3v) is 7.26. The van der Waals surface area contributed by atoms with Crippen molar-refractivity contribution in [2.75, 3.05) is 11.4 Å². The van der Waals surface area contributed by atoms with Crippen LogP contribution in [0, 0.1) is 0 Å². The molecule has 2 heterocycles. The van der Waals surface area contributed by atoms with Gasteiger partial charge in [0, 0.05) is 36.0 Å². The van der Waals surface area contributed by atoms with Crippen molar-refractivity contribution in [3.63, 3.8) is 0 Å². The van der Waals surface area contributed by atoms with Gasteiger partial charge in [0.2, 0.25) is 0 Å². The average Bonchev–Trinajstić information content (AvgIpc) is 3.19. The van der Waals surface area contributed by atoms with Crippen LogP contribution in [-0.2, 0) is 11.2 Å². The topological polar surface area (TPSA) is 49.4 Å². The number of amides is 1. The molecule has 0 spiro atoms. The molecule has 8 heteroatoms. The molecule has 0 atom stereocenters. The third-order valence-electron chi connectivity index (χ3n) is 4.80. The van der Waals surface area contributed by atoms with Gasteiger partial charge in [-0.1, -0.05) is 47.1 Å². The molecule has 158 valence electrons. The Hall–Kier alpha value is -2.25. The number of carbonyl (C=O) groups excluding carboxylic acids is 2. The minimum atomic E-state index is -0.233. The Morgan fingerprint density at radius 1 is 1.23 bits per heavy atom. The van der Waals surface area contributed by atoms with Crippen molar-refractivity contribution in [3.05, 3.63) is 96.6 Å². The highest BCUT2D eigenvalue weighted by Crippen LogP contribution is 2.35. The molecule has 1 aliphatic carbocycles. The van der Waals surface area contributed by atoms with Gasteiger partial charge in [0.1, 0.15) is 0 Å². The summed E-state index contributed by atoms with van der Waals surface area (Å²) in [5.74, 6) is -0.141. The minimum Gasteiger partial charge on any atom is -0.352 e. The molecule has 31 heavy (non-hydrogen) atoms. The Kier molecular flexibility index (Phi) is 7.02. The van der Waals surface area contributed by atoms with Gasteiger partial charge < -0.3 is 10.2 Å². The molecule has 1 aliphatic heterocycles. The molecule has 2 aromatic rings. The number of hydrogen-bond donors (Lipinski definition) is 1. The number of carbonyl (C=O) groups is 2. The molecule has 4 rings (SSSR count). The summed E-state index contributed by atoms with van der Waals surface area (Å²) in [6.07, 6.45) is 10.2. The first-order valence-corrected chi connectivity index (χ1v) is 12.1. The van der Waals surface area contributed by atoms with Gasteiger partial charge in [0.05, 0.1) is 14.9 Å². The van der Waals surface area contributed by atoms with Crippen LogP contribution in [-0.4, -0.2) is 18.2 Å². The van der Waals surface area contributed by atoms with Gasteiger partial charge in [-0.25, -0.2) is 0 Å². The van der Waals surface area contributed by atoms with Crippen LogP contribution < -0.4 is 10.2 Å². The van der Waals surface area contributed by atoms with E-state index in [9.17, 15) is 9.59 Å². The van der Waals surface area contributed by atoms with E-state index >= 15 is 0 Å². The summed E-state index contributed by atoms with van der Waals surface area (Å²) in [7, 11) is 0. The van der Waals surface area contributed by atoms with Gasteiger partial charge in [-0.15, -0.1) is 11.3 Å². The zero-order valence-electron chi connectivity index (χ0n) is 16.3. The molecule has 0 radical (unpaired) electrons. The van der Waals surface area contributed by atoms with E-state index in [1.165, 1.54) is 11.3 Å². The van der Waals surface area contributed by atoms with Crippen LogP contribution in [0.4, 0.5) is 5.69 Å². The molecular weight excluding hydrogens is 471 g/mol. The van der Waals surface area contributed by atoms with Crippen molar-refractivity contribution in [1.82, 2.24) is 5.32 Å². The molecule has 0 bridgehead atoms. The maximum Gasteiger partial charge on any atom is 0.252 e. The van der Waals surface area contributed by atoms with E-state index in [1.807, 2.05) is 46.3 Å². The van der Waals surface area contributed by atoms with Crippen LogP contribution in [0.2, 0.25) is 9.36 Å². The van der Waals surface area contributed by atoms with Crippen molar-refractivity contribution in [1.29, 1.82) is 0 Å². The van der Waals surface area contributed by atoms with Crippen LogP contribution >= 0.6 is 46.3 Å². The van der Waals surface area contributed by atoms with Gasteiger partial charge in [-0.05, 0) is 58.7 Å². The maximum absolute atomic E-state index is 12.7. The fraction of sp³-hybridized carbons (Fsp3) is 0.130. The zero-order chi connectivity index (χ0) is 21.8. The Balaban J connectivity index is 1.48. The molecule has 0 fully saturated rings. The molecule has 2 aliphatic rings. The Bertz CT molecular complexity index is 1150. The standard InChI is InChI=1S/C23H18Cl2N2O2S2/c24-20-5-4-17(13-19(20)23(29)26-8-6-15-7-10-31-22(15)25)27-9-11-30-21(14-27)16-2-1-3-18(28)12-16/h1-5,7,9-11,13-14H,6,8,12H2,(H,26,29). The van der Waals surface area contributed by atoms with Crippen LogP contribution in [0.5, 0.6) is 0 Å². The lowest BCUT2D eigenvalue weighted by Gasteiger charge is -2.23. The second-order valence-electron chi connectivity index (χ2n) is 6.89. The van der Waals surface area contributed by atoms with E-state index in [4.69, 9.17) is 23.2 Å². The Morgan fingerprint density at radius 2 is 2.10 bits per heavy atom. The number of allylic oxidation sites excluding steroid dienone is 4. The van der Waals surface area contributed by atoms with Crippen LogP contribution in [0.25, 0.3) is 0 Å². The van der Waals surface area contributed by atoms with Crippen molar-refractivity contribution in [2.45, 2.75) is 12.8 Å². The maximum atomic E-state index is 12.7. The van der Waals surface area contributed by atoms with Gasteiger partial charge in [0.15, 0.2) is 5.78 Å². The summed E-state index contributed by atoms with van der Waals surface area (Å²) in [6.45, 7) is 0.468. The highest BCUT2D eigenvalue weighted by atomic mass is 35.5. The fourth-order valence-electron chi connectivity index (χ4n) is 3.19. The van der Waals surface area contributed by atoms with E-state index in [2.05, 4.69) is 5.32 Å². The molecule has 1 amide bonds. The number of anilines is 1. The Morgan fingerprint density at radius 3 is 2.87 bits per heavy atom. The van der Waals surface area contributed by atoms with Crippen molar-refractivity contribution in [2.24, 2.45) is 0 Å². The van der Waals surface area contributed by atoms with E-state index < -0.39 is 0 Å². The van der Waals surface area contributed by atoms with Gasteiger partial charge >= 0.3 is 0 Å². The molecular formula is C23H18Cl2N2O2S2. The number of hydrogen-bond acceptors (Lipinski definition) is 5. The molecule has 0 saturated heterocycles. The van der Waals surface area contributed by atoms with Gasteiger partial charge in [0.25, 0.3) is 5.91 Å². The fourth-order valence-corrected chi connectivity index (χ4v) is 5.18. The molecule has 1 aromatic heterocycles. The minimum absolute atomic E-state index is 0.0919. The number of thiophene rings is 1. The predicted molar refractivity (Wildman–Crippen MR) is 131 cm³/mol. The van der Waals surface area contributed by atoms with Crippen LogP contribution in [0.3, 0.4) is 0 Å². The smallest absolute Gasteiger partial charge is 0.252 e. The summed E-state index contributed by atoms with van der Waals surface area (Å²) in [5, 5.41) is 7.19. The first-order valence-electron chi connectivity index (χ1n) is 9.55. The molecule has 4 nitrogen and oxygen atoms in total. The lowest BCUT2D eigenvalue weighted by molar-refractivity contribution is -0.114. The van der Waals surface area contributed by atoms with Crippen LogP contribution in [0.15, 0.2) is 76.2 Å². The number of thioether (sulfide) groups is 1. The quantitative estimate of drug-likeness (QED) is 0.514. The van der Waals surface area contributed by atoms with E-state index in [-0.39, 0.29) is 11.7 Å². The Labute approximate surface area is 198 Å². The summed E-state index contributed by atoms with van der Waals surface area (Å²) < 4.78 is 0.747. The largest absolute Gasteiger partial charge is 0.352 e. The SMILES string of the molecule is O=C1C=CC=C(C2=CN(c3ccc(Cl)c(C(=O)NCCc4ccsc4Cl)c3)C=CS2)C1. The highest BCUT2D eigenvalue weighted by Gasteiger charge is 2.18. The monoisotopic (exact) mass is 488 g/mol. The number of rotatable bonds is 6. The van der Waals surface area contributed by atoms with Crippen molar-refractivity contribution in [3.8, 4) is 0 Å². The number of nitrogens with one attached hydrogen (secondary N) is 1. The summed E-state index contributed by atoms with van der Waals surface area (Å²) >= 11 is 15.5. The summed E-state index contributed by atoms with van der Waals surface area (Å²) in [5.41, 5.74) is 3.21. The van der Waals surface area contributed by atoms with E-state index in [0.717, 1.165) is 26.1 Å². The van der Waals surface area contributed by atoms with Gasteiger partial charge in [-0.3, -0.25) is 9.59 Å². The second kappa shape index (κ2) is 9.92. The second-order valence-corrected chi connectivity index (χ2v) is 9.76. The summed E-state index contributed by atoms with van der Waals surface area (Å²) in [6, 6.07) is 7.31. The molecule has 1 aromatic carbocycles. The van der Waals surface area contributed by atoms with E-state index in [0.29, 0.717) is 30.0 Å². The molecule has 0 saturated carbocycles. The lowest BCUT2D eigenvalue weighted by Crippen LogP contribution is -2.26. The first kappa shape index (κ1) is 22.0. The zero-order valence-corrected chi connectivity index (χ0v) is 19.5. The van der Waals surface area contributed by atoms with E-state index in [1.54, 1.807) is 36.0 Å². The number of halogens is 2. The number of benzene rings is 1. The van der Waals surface area contributed by atoms with Gasteiger partial charge in [-0.2, -0.15) is 0 Å². The lowest BCUT2D eigenvalue weighted by atomic mass is 10.0. The van der Waals surface area contributed by atoms with Crippen LogP contribution in [0.1, 0.15) is 22.3 Å². The van der Waals surface area contributed by atoms with Crippen molar-refractivity contribution >= 4 is 63.7 Å². The first-order chi connectivity index (χ1) is 15.0. The number of nitrogens with zero attached hydrogens (tertiary/aromatic N) is 1. The number of ketones is 1. The third kappa shape index (κ3) is 5.33. The average molecular weight is 489 g/mol. The molecule has 0 unspecified atom stereocenters. The normalized spacial score (nSPS) is 15.7. The van der Waals surface area contributed by atoms with Crippen molar-refractivity contribution < 1.29 is 9.59 Å².